The number of pyridine rings is 1. The van der Waals surface area contributed by atoms with E-state index in [1.165, 1.54) is 4.88 Å². The van der Waals surface area contributed by atoms with Crippen LogP contribution in [-0.2, 0) is 6.42 Å². The predicted octanol–water partition coefficient (Wildman–Crippen LogP) is 1.83. The molecule has 0 saturated heterocycles. The van der Waals surface area contributed by atoms with Crippen LogP contribution < -0.4 is 5.73 Å². The highest BCUT2D eigenvalue weighted by molar-refractivity contribution is 7.09. The van der Waals surface area contributed by atoms with Gasteiger partial charge in [0.15, 0.2) is 0 Å². The van der Waals surface area contributed by atoms with E-state index in [1.54, 1.807) is 17.5 Å². The monoisotopic (exact) mass is 218 g/mol. The van der Waals surface area contributed by atoms with Crippen LogP contribution in [0.5, 0.6) is 0 Å². The lowest BCUT2D eigenvalue weighted by Crippen LogP contribution is -2.15. The highest BCUT2D eigenvalue weighted by atomic mass is 32.1. The number of nitrogens with zero attached hydrogens (tertiary/aromatic N) is 1. The molecule has 0 aliphatic rings. The summed E-state index contributed by atoms with van der Waals surface area (Å²) in [5.74, 6) is -0.470. The SMILES string of the molecule is NC(=O)c1ncccc1Cc1cccs1. The molecule has 2 heterocycles. The molecule has 0 aliphatic heterocycles. The van der Waals surface area contributed by atoms with E-state index in [-0.39, 0.29) is 0 Å². The first-order valence-corrected chi connectivity index (χ1v) is 5.41. The predicted molar refractivity (Wildman–Crippen MR) is 59.9 cm³/mol. The molecule has 15 heavy (non-hydrogen) atoms. The molecule has 76 valence electrons. The molecule has 0 aliphatic carbocycles. The molecule has 0 fully saturated rings. The van der Waals surface area contributed by atoms with E-state index < -0.39 is 5.91 Å². The highest BCUT2D eigenvalue weighted by Crippen LogP contribution is 2.16. The van der Waals surface area contributed by atoms with Gasteiger partial charge >= 0.3 is 0 Å². The molecule has 2 rings (SSSR count). The van der Waals surface area contributed by atoms with E-state index in [9.17, 15) is 4.79 Å². The third kappa shape index (κ3) is 2.22. The van der Waals surface area contributed by atoms with E-state index in [0.717, 1.165) is 5.56 Å². The number of amides is 1. The van der Waals surface area contributed by atoms with Crippen LogP contribution in [0.1, 0.15) is 20.9 Å². The van der Waals surface area contributed by atoms with Gasteiger partial charge in [-0.15, -0.1) is 11.3 Å². The highest BCUT2D eigenvalue weighted by Gasteiger charge is 2.09. The molecule has 0 spiro atoms. The Morgan fingerprint density at radius 2 is 2.27 bits per heavy atom. The first-order chi connectivity index (χ1) is 7.27. The smallest absolute Gasteiger partial charge is 0.267 e. The molecule has 1 amide bonds. The van der Waals surface area contributed by atoms with Gasteiger partial charge in [-0.1, -0.05) is 12.1 Å². The van der Waals surface area contributed by atoms with Gasteiger partial charge < -0.3 is 5.73 Å². The Labute approximate surface area is 91.6 Å². The van der Waals surface area contributed by atoms with Crippen LogP contribution >= 0.6 is 11.3 Å². The standard InChI is InChI=1S/C11H10N2OS/c12-11(14)10-8(3-1-5-13-10)7-9-4-2-6-15-9/h1-6H,7H2,(H2,12,14). The van der Waals surface area contributed by atoms with Gasteiger partial charge in [0.1, 0.15) is 5.69 Å². The minimum Gasteiger partial charge on any atom is -0.364 e. The zero-order chi connectivity index (χ0) is 10.7. The topological polar surface area (TPSA) is 56.0 Å². The van der Waals surface area contributed by atoms with Gasteiger partial charge in [0.25, 0.3) is 5.91 Å². The second-order valence-corrected chi connectivity index (χ2v) is 4.16. The lowest BCUT2D eigenvalue weighted by atomic mass is 10.1. The molecule has 0 atom stereocenters. The van der Waals surface area contributed by atoms with Gasteiger partial charge in [0.05, 0.1) is 0 Å². The Bertz CT molecular complexity index is 465. The molecule has 2 aromatic rings. The molecule has 2 aromatic heterocycles. The second-order valence-electron chi connectivity index (χ2n) is 3.13. The van der Waals surface area contributed by atoms with Crippen LogP contribution in [-0.4, -0.2) is 10.9 Å². The lowest BCUT2D eigenvalue weighted by molar-refractivity contribution is 0.0995. The largest absolute Gasteiger partial charge is 0.364 e. The van der Waals surface area contributed by atoms with E-state index in [2.05, 4.69) is 4.98 Å². The quantitative estimate of drug-likeness (QED) is 0.854. The summed E-state index contributed by atoms with van der Waals surface area (Å²) in [4.78, 5) is 16.3. The molecule has 3 nitrogen and oxygen atoms in total. The number of aromatic nitrogens is 1. The van der Waals surface area contributed by atoms with Gasteiger partial charge in [-0.05, 0) is 23.1 Å². The number of hydrogen-bond donors (Lipinski definition) is 1. The minimum atomic E-state index is -0.470. The van der Waals surface area contributed by atoms with Gasteiger partial charge in [-0.2, -0.15) is 0 Å². The number of thiophene rings is 1. The second kappa shape index (κ2) is 4.23. The van der Waals surface area contributed by atoms with Crippen molar-refractivity contribution >= 4 is 17.2 Å². The Hall–Kier alpha value is -1.68. The van der Waals surface area contributed by atoms with Crippen molar-refractivity contribution < 1.29 is 4.79 Å². The fraction of sp³-hybridized carbons (Fsp3) is 0.0909. The molecule has 0 saturated carbocycles. The summed E-state index contributed by atoms with van der Waals surface area (Å²) in [5.41, 5.74) is 6.49. The summed E-state index contributed by atoms with van der Waals surface area (Å²) in [7, 11) is 0. The number of rotatable bonds is 3. The molecule has 0 bridgehead atoms. The molecule has 0 radical (unpaired) electrons. The average Bonchev–Trinajstić information content (AvgIpc) is 2.71. The van der Waals surface area contributed by atoms with Crippen LogP contribution in [0, 0.1) is 0 Å². The zero-order valence-electron chi connectivity index (χ0n) is 8.01. The van der Waals surface area contributed by atoms with Crippen LogP contribution in [0.15, 0.2) is 35.8 Å². The minimum absolute atomic E-state index is 0.367. The maximum atomic E-state index is 11.1. The van der Waals surface area contributed by atoms with Crippen molar-refractivity contribution in [2.45, 2.75) is 6.42 Å². The Morgan fingerprint density at radius 1 is 1.40 bits per heavy atom. The van der Waals surface area contributed by atoms with Crippen LogP contribution in [0.25, 0.3) is 0 Å². The van der Waals surface area contributed by atoms with Gasteiger partial charge in [0, 0.05) is 17.5 Å². The Kier molecular flexibility index (Phi) is 2.78. The number of primary amides is 1. The molecule has 4 heteroatoms. The van der Waals surface area contributed by atoms with Crippen molar-refractivity contribution in [3.05, 3.63) is 52.0 Å². The Morgan fingerprint density at radius 3 is 2.93 bits per heavy atom. The third-order valence-electron chi connectivity index (χ3n) is 2.07. The molecule has 0 aromatic carbocycles. The summed E-state index contributed by atoms with van der Waals surface area (Å²) < 4.78 is 0. The first kappa shape index (κ1) is 9.86. The first-order valence-electron chi connectivity index (χ1n) is 4.53. The molecule has 0 unspecified atom stereocenters. The van der Waals surface area contributed by atoms with Crippen LogP contribution in [0.2, 0.25) is 0 Å². The van der Waals surface area contributed by atoms with Gasteiger partial charge in [-0.25, -0.2) is 0 Å². The summed E-state index contributed by atoms with van der Waals surface area (Å²) in [6, 6.07) is 7.71. The fourth-order valence-corrected chi connectivity index (χ4v) is 2.13. The summed E-state index contributed by atoms with van der Waals surface area (Å²) in [6.45, 7) is 0. The van der Waals surface area contributed by atoms with E-state index in [1.807, 2.05) is 29.6 Å². The molecular weight excluding hydrogens is 208 g/mol. The summed E-state index contributed by atoms with van der Waals surface area (Å²) in [5, 5.41) is 2.01. The summed E-state index contributed by atoms with van der Waals surface area (Å²) >= 11 is 1.66. The number of carbonyl (C=O) groups is 1. The van der Waals surface area contributed by atoms with Crippen LogP contribution in [0.3, 0.4) is 0 Å². The molecule has 2 N–H and O–H groups in total. The Balaban J connectivity index is 2.32. The zero-order valence-corrected chi connectivity index (χ0v) is 8.83. The van der Waals surface area contributed by atoms with Gasteiger partial charge in [-0.3, -0.25) is 9.78 Å². The van der Waals surface area contributed by atoms with E-state index in [0.29, 0.717) is 12.1 Å². The number of carbonyl (C=O) groups excluding carboxylic acids is 1. The van der Waals surface area contributed by atoms with Crippen molar-refractivity contribution in [1.82, 2.24) is 4.98 Å². The van der Waals surface area contributed by atoms with Crippen molar-refractivity contribution in [3.8, 4) is 0 Å². The van der Waals surface area contributed by atoms with Crippen molar-refractivity contribution in [3.63, 3.8) is 0 Å². The lowest BCUT2D eigenvalue weighted by Gasteiger charge is -2.03. The fourth-order valence-electron chi connectivity index (χ4n) is 1.40. The van der Waals surface area contributed by atoms with Gasteiger partial charge in [0.2, 0.25) is 0 Å². The summed E-state index contributed by atoms with van der Waals surface area (Å²) in [6.07, 6.45) is 2.29. The van der Waals surface area contributed by atoms with E-state index in [4.69, 9.17) is 5.73 Å². The van der Waals surface area contributed by atoms with Crippen LogP contribution in [0.4, 0.5) is 0 Å². The molecular formula is C11H10N2OS. The number of hydrogen-bond acceptors (Lipinski definition) is 3. The van der Waals surface area contributed by atoms with Crippen molar-refractivity contribution in [1.29, 1.82) is 0 Å². The van der Waals surface area contributed by atoms with E-state index >= 15 is 0 Å². The average molecular weight is 218 g/mol. The maximum Gasteiger partial charge on any atom is 0.267 e. The van der Waals surface area contributed by atoms with Crippen molar-refractivity contribution in [2.24, 2.45) is 5.73 Å². The third-order valence-corrected chi connectivity index (χ3v) is 2.95. The maximum absolute atomic E-state index is 11.1. The van der Waals surface area contributed by atoms with Crippen molar-refractivity contribution in [2.75, 3.05) is 0 Å². The number of nitrogens with two attached hydrogens (primary N) is 1. The normalized spacial score (nSPS) is 10.1.